The Morgan fingerprint density at radius 3 is 1.45 bits per heavy atom. The van der Waals surface area contributed by atoms with Crippen LogP contribution in [0.1, 0.15) is 48.9 Å². The Balaban J connectivity index is 1.60. The minimum absolute atomic E-state index is 0.0141. The molecule has 6 nitrogen and oxygen atoms in total. The zero-order valence-electron chi connectivity index (χ0n) is 16.8. The first-order chi connectivity index (χ1) is 15.0. The van der Waals surface area contributed by atoms with E-state index in [1.54, 1.807) is 0 Å². The highest BCUT2D eigenvalue weighted by molar-refractivity contribution is 6.30. The van der Waals surface area contributed by atoms with Crippen molar-refractivity contribution in [3.63, 3.8) is 0 Å². The third-order valence-corrected chi connectivity index (χ3v) is 7.43. The normalized spacial score (nSPS) is 32.3. The molecule has 0 radical (unpaired) electrons. The van der Waals surface area contributed by atoms with Gasteiger partial charge < -0.3 is 21.3 Å². The molecular formula is C23H24Cl2N4O2. The third kappa shape index (κ3) is 3.62. The second-order valence-electron chi connectivity index (χ2n) is 8.62. The third-order valence-electron chi connectivity index (χ3n) is 6.93. The average molecular weight is 459 g/mol. The van der Waals surface area contributed by atoms with E-state index in [-0.39, 0.29) is 36.0 Å². The topological polar surface area (TPSA) is 82.3 Å². The Morgan fingerprint density at radius 2 is 1.06 bits per heavy atom. The predicted octanol–water partition coefficient (Wildman–Crippen LogP) is 4.90. The van der Waals surface area contributed by atoms with Crippen molar-refractivity contribution in [2.45, 2.75) is 43.4 Å². The quantitative estimate of drug-likeness (QED) is 0.515. The van der Waals surface area contributed by atoms with Gasteiger partial charge in [0.15, 0.2) is 0 Å². The molecule has 2 heterocycles. The fourth-order valence-electron chi connectivity index (χ4n) is 5.62. The molecule has 0 bridgehead atoms. The largest absolute Gasteiger partial charge is 0.331 e. The van der Waals surface area contributed by atoms with Gasteiger partial charge in [0.1, 0.15) is 5.66 Å². The smallest absolute Gasteiger partial charge is 0.317 e. The van der Waals surface area contributed by atoms with E-state index in [2.05, 4.69) is 21.3 Å². The van der Waals surface area contributed by atoms with Crippen LogP contribution in [0.25, 0.3) is 0 Å². The first kappa shape index (κ1) is 20.5. The van der Waals surface area contributed by atoms with Crippen LogP contribution in [-0.4, -0.2) is 17.7 Å². The van der Waals surface area contributed by atoms with Gasteiger partial charge in [-0.1, -0.05) is 60.3 Å². The molecule has 4 N–H and O–H groups in total. The monoisotopic (exact) mass is 458 g/mol. The van der Waals surface area contributed by atoms with Crippen molar-refractivity contribution in [2.24, 2.45) is 11.8 Å². The van der Waals surface area contributed by atoms with Crippen molar-refractivity contribution in [2.75, 3.05) is 0 Å². The molecule has 2 aromatic carbocycles. The van der Waals surface area contributed by atoms with Crippen molar-refractivity contribution in [3.05, 3.63) is 69.7 Å². The number of amides is 4. The van der Waals surface area contributed by atoms with E-state index in [1.807, 2.05) is 48.5 Å². The van der Waals surface area contributed by atoms with E-state index in [1.165, 1.54) is 0 Å². The van der Waals surface area contributed by atoms with Crippen LogP contribution in [0.5, 0.6) is 0 Å². The van der Waals surface area contributed by atoms with Crippen LogP contribution in [-0.2, 0) is 0 Å². The van der Waals surface area contributed by atoms with Crippen LogP contribution in [0.4, 0.5) is 9.59 Å². The van der Waals surface area contributed by atoms with E-state index in [0.29, 0.717) is 10.0 Å². The SMILES string of the molecule is O=C1NC(c2ccc(Cl)cc2)C2CCCCC3C(c4ccc(Cl)cc4)NC(=O)NC23N1. The zero-order chi connectivity index (χ0) is 21.6. The van der Waals surface area contributed by atoms with Crippen molar-refractivity contribution in [3.8, 4) is 0 Å². The van der Waals surface area contributed by atoms with Crippen LogP contribution < -0.4 is 21.3 Å². The van der Waals surface area contributed by atoms with E-state index < -0.39 is 5.66 Å². The maximum Gasteiger partial charge on any atom is 0.317 e. The lowest BCUT2D eigenvalue weighted by molar-refractivity contribution is 0.0240. The predicted molar refractivity (Wildman–Crippen MR) is 120 cm³/mol. The summed E-state index contributed by atoms with van der Waals surface area (Å²) in [7, 11) is 0. The Bertz CT molecular complexity index is 914. The molecule has 1 aliphatic carbocycles. The van der Waals surface area contributed by atoms with Gasteiger partial charge in [-0.2, -0.15) is 0 Å². The molecule has 1 spiro atoms. The number of halogens is 2. The summed E-state index contributed by atoms with van der Waals surface area (Å²) in [5, 5.41) is 13.8. The van der Waals surface area contributed by atoms with Crippen LogP contribution in [0.3, 0.4) is 0 Å². The lowest BCUT2D eigenvalue weighted by Crippen LogP contribution is -2.79. The molecule has 31 heavy (non-hydrogen) atoms. The molecule has 4 unspecified atom stereocenters. The summed E-state index contributed by atoms with van der Waals surface area (Å²) < 4.78 is 0. The molecule has 2 aromatic rings. The fourth-order valence-corrected chi connectivity index (χ4v) is 5.88. The lowest BCUT2D eigenvalue weighted by atomic mass is 9.68. The summed E-state index contributed by atoms with van der Waals surface area (Å²) in [6.07, 6.45) is 3.80. The maximum atomic E-state index is 12.9. The highest BCUT2D eigenvalue weighted by Gasteiger charge is 2.59. The summed E-state index contributed by atoms with van der Waals surface area (Å²) in [6, 6.07) is 14.1. The van der Waals surface area contributed by atoms with E-state index in [0.717, 1.165) is 36.8 Å². The van der Waals surface area contributed by atoms with Gasteiger partial charge in [0, 0.05) is 21.9 Å². The molecule has 5 rings (SSSR count). The Labute approximate surface area is 191 Å². The Morgan fingerprint density at radius 1 is 0.677 bits per heavy atom. The van der Waals surface area contributed by atoms with E-state index in [9.17, 15) is 9.59 Å². The van der Waals surface area contributed by atoms with Gasteiger partial charge in [-0.3, -0.25) is 0 Å². The summed E-state index contributed by atoms with van der Waals surface area (Å²) in [6.45, 7) is 0. The minimum atomic E-state index is -0.851. The van der Waals surface area contributed by atoms with Gasteiger partial charge in [-0.05, 0) is 48.2 Å². The summed E-state index contributed by atoms with van der Waals surface area (Å²) >= 11 is 12.2. The fraction of sp³-hybridized carbons (Fsp3) is 0.391. The second-order valence-corrected chi connectivity index (χ2v) is 9.49. The highest BCUT2D eigenvalue weighted by atomic mass is 35.5. The summed E-state index contributed by atoms with van der Waals surface area (Å²) in [4.78, 5) is 25.8. The van der Waals surface area contributed by atoms with Crippen molar-refractivity contribution < 1.29 is 9.59 Å². The number of hydrogen-bond acceptors (Lipinski definition) is 2. The highest BCUT2D eigenvalue weighted by Crippen LogP contribution is 2.49. The Hall–Kier alpha value is -2.44. The van der Waals surface area contributed by atoms with Gasteiger partial charge in [0.05, 0.1) is 12.1 Å². The first-order valence-corrected chi connectivity index (χ1v) is 11.4. The van der Waals surface area contributed by atoms with Gasteiger partial charge in [0.25, 0.3) is 0 Å². The van der Waals surface area contributed by atoms with E-state index in [4.69, 9.17) is 23.2 Å². The molecule has 162 valence electrons. The average Bonchev–Trinajstić information content (AvgIpc) is 2.93. The second kappa shape index (κ2) is 7.92. The molecular weight excluding hydrogens is 435 g/mol. The maximum absolute atomic E-state index is 12.9. The number of urea groups is 2. The number of rotatable bonds is 2. The van der Waals surface area contributed by atoms with Crippen LogP contribution in [0.2, 0.25) is 10.0 Å². The molecule has 1 saturated carbocycles. The number of benzene rings is 2. The molecule has 2 aliphatic heterocycles. The minimum Gasteiger partial charge on any atom is -0.331 e. The molecule has 2 saturated heterocycles. The van der Waals surface area contributed by atoms with Gasteiger partial charge in [-0.15, -0.1) is 0 Å². The number of nitrogens with one attached hydrogen (secondary N) is 4. The standard InChI is InChI=1S/C23H24Cl2N4O2/c24-15-9-5-13(6-10-15)19-17-3-1-2-4-18-20(14-7-11-16(25)12-8-14)27-22(31)29-23(17,18)28-21(30)26-19/h5-12,17-20H,1-4H2,(H2,26,28,30)(H2,27,29,31). The molecule has 0 aromatic heterocycles. The number of carbonyl (C=O) groups excluding carboxylic acids is 2. The molecule has 3 fully saturated rings. The van der Waals surface area contributed by atoms with Gasteiger partial charge in [0.2, 0.25) is 0 Å². The van der Waals surface area contributed by atoms with Crippen molar-refractivity contribution in [1.82, 2.24) is 21.3 Å². The van der Waals surface area contributed by atoms with Crippen LogP contribution in [0.15, 0.2) is 48.5 Å². The number of carbonyl (C=O) groups is 2. The summed E-state index contributed by atoms with van der Waals surface area (Å²) in [5.41, 5.74) is 1.12. The van der Waals surface area contributed by atoms with Crippen molar-refractivity contribution in [1.29, 1.82) is 0 Å². The number of hydrogen-bond donors (Lipinski definition) is 4. The van der Waals surface area contributed by atoms with E-state index >= 15 is 0 Å². The molecule has 4 amide bonds. The lowest BCUT2D eigenvalue weighted by Gasteiger charge is -2.56. The van der Waals surface area contributed by atoms with Gasteiger partial charge >= 0.3 is 12.1 Å². The molecule has 4 atom stereocenters. The Kier molecular flexibility index (Phi) is 5.22. The van der Waals surface area contributed by atoms with Gasteiger partial charge in [-0.25, -0.2) is 9.59 Å². The van der Waals surface area contributed by atoms with Crippen molar-refractivity contribution >= 4 is 35.3 Å². The van der Waals surface area contributed by atoms with Crippen LogP contribution >= 0.6 is 23.2 Å². The summed E-state index contributed by atoms with van der Waals surface area (Å²) in [5.74, 6) is -0.0283. The zero-order valence-corrected chi connectivity index (χ0v) is 18.3. The van der Waals surface area contributed by atoms with Crippen LogP contribution in [0, 0.1) is 11.8 Å². The first-order valence-electron chi connectivity index (χ1n) is 10.6. The molecule has 3 aliphatic rings. The molecule has 8 heteroatoms.